The van der Waals surface area contributed by atoms with E-state index in [-0.39, 0.29) is 31.8 Å². The number of carbonyl (C=O) groups excluding carboxylic acids is 1. The SMILES string of the molecule is C[C@H]1OC(C)(C)O[C@H]1[C@H](COC1OC(COCc2ccccc2)C(OCc2ccccc2)C(OCc2ccccc2)C1OCc1ccccc1)NC(=O)CCCCN1CCN(C)CC1. The number of benzene rings is 4. The molecule has 0 aromatic heterocycles. The van der Waals surface area contributed by atoms with Crippen molar-refractivity contribution in [3.05, 3.63) is 144 Å². The summed E-state index contributed by atoms with van der Waals surface area (Å²) in [4.78, 5) is 18.6. The highest BCUT2D eigenvalue weighted by Crippen LogP contribution is 2.34. The highest BCUT2D eigenvalue weighted by Gasteiger charge is 2.50. The molecule has 4 aromatic carbocycles. The summed E-state index contributed by atoms with van der Waals surface area (Å²) in [6.07, 6.45) is -2.25. The van der Waals surface area contributed by atoms with Crippen LogP contribution in [0.25, 0.3) is 0 Å². The van der Waals surface area contributed by atoms with Crippen molar-refractivity contribution in [2.75, 3.05) is 53.0 Å². The molecule has 8 atom stereocenters. The van der Waals surface area contributed by atoms with Crippen molar-refractivity contribution in [1.82, 2.24) is 15.1 Å². The van der Waals surface area contributed by atoms with Crippen LogP contribution in [0.2, 0.25) is 0 Å². The minimum Gasteiger partial charge on any atom is -0.374 e. The molecular formula is C52H69N3O9. The number of rotatable bonds is 23. The summed E-state index contributed by atoms with van der Waals surface area (Å²) in [7, 11) is 2.16. The fraction of sp³-hybridized carbons (Fsp3) is 0.519. The van der Waals surface area contributed by atoms with Gasteiger partial charge in [0.15, 0.2) is 12.1 Å². The summed E-state index contributed by atoms with van der Waals surface area (Å²) in [6.45, 7) is 12.6. The van der Waals surface area contributed by atoms with Gasteiger partial charge in [-0.2, -0.15) is 0 Å². The average Bonchev–Trinajstić information content (AvgIpc) is 3.60. The van der Waals surface area contributed by atoms with Gasteiger partial charge < -0.3 is 53.0 Å². The molecule has 1 amide bonds. The predicted molar refractivity (Wildman–Crippen MR) is 245 cm³/mol. The number of likely N-dealkylation sites (N-methyl/N-ethyl adjacent to an activating group) is 1. The number of hydrogen-bond donors (Lipinski definition) is 1. The zero-order valence-electron chi connectivity index (χ0n) is 38.1. The van der Waals surface area contributed by atoms with Crippen LogP contribution in [0.5, 0.6) is 0 Å². The van der Waals surface area contributed by atoms with E-state index in [0.717, 1.165) is 67.8 Å². The zero-order valence-corrected chi connectivity index (χ0v) is 38.1. The standard InChI is InChI=1S/C52H69N3O9/c1-39-47(64-52(2,3)63-39)44(53-46(56)27-17-18-28-55-31-29-54(4)30-32-55)37-61-51-50(60-36-43-25-15-8-16-26-43)49(59-35-42-23-13-7-14-24-42)48(58-34-41-21-11-6-12-22-41)45(62-51)38-57-33-40-19-9-5-10-20-40/h5-16,19-26,39,44-45,47-51H,17-18,27-38H2,1-4H3,(H,53,56)/t39-,44+,45?,47-,48?,49?,50?,51?/m1/s1. The van der Waals surface area contributed by atoms with Gasteiger partial charge in [0.2, 0.25) is 5.91 Å². The van der Waals surface area contributed by atoms with E-state index in [2.05, 4.69) is 22.2 Å². The summed E-state index contributed by atoms with van der Waals surface area (Å²) < 4.78 is 53.5. The van der Waals surface area contributed by atoms with Crippen LogP contribution in [0, 0.1) is 0 Å². The molecule has 0 saturated carbocycles. The van der Waals surface area contributed by atoms with E-state index >= 15 is 0 Å². The topological polar surface area (TPSA) is 109 Å². The lowest BCUT2D eigenvalue weighted by Crippen LogP contribution is -2.62. The molecule has 12 nitrogen and oxygen atoms in total. The fourth-order valence-corrected chi connectivity index (χ4v) is 8.65. The quantitative estimate of drug-likeness (QED) is 0.0769. The number of hydrogen-bond acceptors (Lipinski definition) is 11. The lowest BCUT2D eigenvalue weighted by Gasteiger charge is -2.46. The molecule has 64 heavy (non-hydrogen) atoms. The molecule has 1 N–H and O–H groups in total. The molecule has 0 aliphatic carbocycles. The second-order valence-corrected chi connectivity index (χ2v) is 17.7. The molecule has 346 valence electrons. The third-order valence-corrected chi connectivity index (χ3v) is 12.1. The first-order valence-corrected chi connectivity index (χ1v) is 23.1. The van der Waals surface area contributed by atoms with Crippen molar-refractivity contribution in [3.63, 3.8) is 0 Å². The normalized spacial score (nSPS) is 25.5. The van der Waals surface area contributed by atoms with Crippen LogP contribution in [0.4, 0.5) is 0 Å². The summed E-state index contributed by atoms with van der Waals surface area (Å²) >= 11 is 0. The van der Waals surface area contributed by atoms with Gasteiger partial charge in [-0.05, 0) is 69.5 Å². The van der Waals surface area contributed by atoms with Crippen LogP contribution >= 0.6 is 0 Å². The van der Waals surface area contributed by atoms with Crippen LogP contribution < -0.4 is 5.32 Å². The summed E-state index contributed by atoms with van der Waals surface area (Å²) in [5, 5.41) is 3.29. The molecule has 3 aliphatic heterocycles. The van der Waals surface area contributed by atoms with Crippen LogP contribution in [0.15, 0.2) is 121 Å². The number of carbonyl (C=O) groups is 1. The number of nitrogens with zero attached hydrogens (tertiary/aromatic N) is 2. The summed E-state index contributed by atoms with van der Waals surface area (Å²) in [5.41, 5.74) is 4.06. The van der Waals surface area contributed by atoms with Crippen LogP contribution in [-0.2, 0) is 69.1 Å². The van der Waals surface area contributed by atoms with Gasteiger partial charge in [0, 0.05) is 32.6 Å². The minimum atomic E-state index is -0.944. The van der Waals surface area contributed by atoms with Gasteiger partial charge in [-0.25, -0.2) is 0 Å². The first-order valence-electron chi connectivity index (χ1n) is 23.1. The molecule has 5 unspecified atom stereocenters. The van der Waals surface area contributed by atoms with Gasteiger partial charge in [-0.15, -0.1) is 0 Å². The van der Waals surface area contributed by atoms with Crippen molar-refractivity contribution in [3.8, 4) is 0 Å². The Morgan fingerprint density at radius 1 is 0.672 bits per heavy atom. The molecule has 7 rings (SSSR count). The zero-order chi connectivity index (χ0) is 44.6. The van der Waals surface area contributed by atoms with Crippen LogP contribution in [0.3, 0.4) is 0 Å². The Kier molecular flexibility index (Phi) is 18.3. The lowest BCUT2D eigenvalue weighted by atomic mass is 9.97. The molecule has 3 heterocycles. The third-order valence-electron chi connectivity index (χ3n) is 12.1. The Balaban J connectivity index is 1.13. The predicted octanol–water partition coefficient (Wildman–Crippen LogP) is 7.14. The van der Waals surface area contributed by atoms with E-state index < -0.39 is 48.6 Å². The molecule has 3 aliphatic rings. The highest BCUT2D eigenvalue weighted by molar-refractivity contribution is 5.76. The van der Waals surface area contributed by atoms with Gasteiger partial charge in [0.25, 0.3) is 0 Å². The molecule has 3 fully saturated rings. The second-order valence-electron chi connectivity index (χ2n) is 17.7. The Hall–Kier alpha value is -4.05. The van der Waals surface area contributed by atoms with E-state index in [1.807, 2.05) is 142 Å². The smallest absolute Gasteiger partial charge is 0.220 e. The summed E-state index contributed by atoms with van der Waals surface area (Å²) in [6, 6.07) is 39.7. The molecule has 0 radical (unpaired) electrons. The Morgan fingerprint density at radius 3 is 1.72 bits per heavy atom. The van der Waals surface area contributed by atoms with Gasteiger partial charge in [-0.1, -0.05) is 121 Å². The van der Waals surface area contributed by atoms with Crippen molar-refractivity contribution < 1.29 is 42.7 Å². The second kappa shape index (κ2) is 24.5. The fourth-order valence-electron chi connectivity index (χ4n) is 8.65. The molecule has 4 aromatic rings. The van der Waals surface area contributed by atoms with Gasteiger partial charge in [-0.3, -0.25) is 4.79 Å². The monoisotopic (exact) mass is 880 g/mol. The van der Waals surface area contributed by atoms with E-state index in [0.29, 0.717) is 26.2 Å². The maximum atomic E-state index is 13.7. The van der Waals surface area contributed by atoms with E-state index in [1.165, 1.54) is 0 Å². The molecular weight excluding hydrogens is 811 g/mol. The molecule has 12 heteroatoms. The maximum absolute atomic E-state index is 13.7. The van der Waals surface area contributed by atoms with Gasteiger partial charge in [0.05, 0.1) is 51.8 Å². The van der Waals surface area contributed by atoms with Crippen LogP contribution in [0.1, 0.15) is 62.3 Å². The minimum absolute atomic E-state index is 0.0560. The maximum Gasteiger partial charge on any atom is 0.220 e. The first kappa shape index (κ1) is 47.9. The van der Waals surface area contributed by atoms with Crippen molar-refractivity contribution in [2.45, 2.75) is 121 Å². The Bertz CT molecular complexity index is 1920. The van der Waals surface area contributed by atoms with E-state index in [4.69, 9.17) is 37.9 Å². The Labute approximate surface area is 380 Å². The van der Waals surface area contributed by atoms with E-state index in [1.54, 1.807) is 0 Å². The molecule has 0 bridgehead atoms. The highest BCUT2D eigenvalue weighted by atomic mass is 16.8. The number of nitrogens with one attached hydrogen (secondary N) is 1. The first-order chi connectivity index (χ1) is 31.2. The summed E-state index contributed by atoms with van der Waals surface area (Å²) in [5.74, 6) is -0.890. The van der Waals surface area contributed by atoms with Crippen molar-refractivity contribution in [1.29, 1.82) is 0 Å². The number of unbranched alkanes of at least 4 members (excludes halogenated alkanes) is 1. The average molecular weight is 880 g/mol. The van der Waals surface area contributed by atoms with Crippen molar-refractivity contribution >= 4 is 5.91 Å². The largest absolute Gasteiger partial charge is 0.374 e. The molecule has 0 spiro atoms. The number of ether oxygens (including phenoxy) is 8. The van der Waals surface area contributed by atoms with Crippen LogP contribution in [-0.4, -0.2) is 123 Å². The lowest BCUT2D eigenvalue weighted by molar-refractivity contribution is -0.329. The third kappa shape index (κ3) is 14.7. The number of piperazine rings is 1. The van der Waals surface area contributed by atoms with Crippen molar-refractivity contribution in [2.24, 2.45) is 0 Å². The Morgan fingerprint density at radius 2 is 1.19 bits per heavy atom. The molecule has 3 saturated heterocycles. The van der Waals surface area contributed by atoms with Gasteiger partial charge >= 0.3 is 0 Å². The number of amides is 1. The van der Waals surface area contributed by atoms with E-state index in [9.17, 15) is 4.79 Å². The van der Waals surface area contributed by atoms with Gasteiger partial charge in [0.1, 0.15) is 30.5 Å².